The highest BCUT2D eigenvalue weighted by atomic mass is 35.5. The fraction of sp³-hybridized carbons (Fsp3) is 0.250. The van der Waals surface area contributed by atoms with E-state index in [1.807, 2.05) is 0 Å². The molecule has 1 unspecified atom stereocenters. The lowest BCUT2D eigenvalue weighted by molar-refractivity contribution is -0.122. The zero-order chi connectivity index (χ0) is 29.7. The number of ether oxygens (including phenoxy) is 2. The van der Waals surface area contributed by atoms with E-state index in [0.29, 0.717) is 37.5 Å². The van der Waals surface area contributed by atoms with E-state index in [1.165, 1.54) is 55.7 Å². The summed E-state index contributed by atoms with van der Waals surface area (Å²) in [4.78, 5) is 42.2. The Balaban J connectivity index is 1.75. The number of Topliss-reactive ketones (excluding diaryl/α,β-unsaturated/α-hetero) is 1. The van der Waals surface area contributed by atoms with Crippen molar-refractivity contribution < 1.29 is 27.8 Å². The average molecular weight is 586 g/mol. The molecule has 2 N–H and O–H groups in total. The van der Waals surface area contributed by atoms with Gasteiger partial charge >= 0.3 is 6.55 Å². The second-order valence-corrected chi connectivity index (χ2v) is 9.47. The lowest BCUT2D eigenvalue weighted by Crippen LogP contribution is -2.31. The molecule has 1 aromatic carbocycles. The molecule has 0 saturated carbocycles. The van der Waals surface area contributed by atoms with Crippen LogP contribution in [-0.2, 0) is 16.0 Å². The molecule has 1 atom stereocenters. The molecule has 13 heteroatoms. The number of methoxy groups -OCH3 is 2. The molecule has 41 heavy (non-hydrogen) atoms. The molecule has 0 spiro atoms. The number of ketones is 1. The van der Waals surface area contributed by atoms with Crippen LogP contribution in [0.3, 0.4) is 0 Å². The van der Waals surface area contributed by atoms with Crippen LogP contribution in [0.25, 0.3) is 22.3 Å². The van der Waals surface area contributed by atoms with Gasteiger partial charge in [-0.15, -0.1) is 0 Å². The number of aromatic nitrogens is 4. The number of carbonyl (C=O) groups excluding carboxylic acids is 2. The van der Waals surface area contributed by atoms with E-state index in [0.717, 1.165) is 0 Å². The molecule has 214 valence electrons. The molecule has 0 fully saturated rings. The molecule has 3 aromatic heterocycles. The first-order chi connectivity index (χ1) is 19.6. The molecular formula is C28H26ClF2N5O5. The van der Waals surface area contributed by atoms with Gasteiger partial charge in [0.25, 0.3) is 11.5 Å². The number of halogens is 3. The van der Waals surface area contributed by atoms with E-state index in [-0.39, 0.29) is 36.7 Å². The van der Waals surface area contributed by atoms with Gasteiger partial charge in [-0.3, -0.25) is 19.4 Å². The minimum Gasteiger partial charge on any atom is -0.495 e. The number of alkyl halides is 2. The van der Waals surface area contributed by atoms with Gasteiger partial charge in [0.1, 0.15) is 11.4 Å². The number of hydrogen-bond donors (Lipinski definition) is 1. The molecule has 4 rings (SSSR count). The van der Waals surface area contributed by atoms with Gasteiger partial charge in [0.05, 0.1) is 25.5 Å². The first-order valence-electron chi connectivity index (χ1n) is 12.3. The lowest BCUT2D eigenvalue weighted by Gasteiger charge is -2.21. The summed E-state index contributed by atoms with van der Waals surface area (Å²) in [5.74, 6) is -0.738. The summed E-state index contributed by atoms with van der Waals surface area (Å²) >= 11 is 6.28. The van der Waals surface area contributed by atoms with Gasteiger partial charge in [-0.25, -0.2) is 4.68 Å². The normalized spacial score (nSPS) is 12.0. The van der Waals surface area contributed by atoms with Gasteiger partial charge in [-0.05, 0) is 41.3 Å². The van der Waals surface area contributed by atoms with Crippen LogP contribution >= 0.6 is 11.6 Å². The first kappa shape index (κ1) is 29.6. The number of primary amides is 1. The Morgan fingerprint density at radius 3 is 2.44 bits per heavy atom. The van der Waals surface area contributed by atoms with Crippen LogP contribution in [0.5, 0.6) is 5.75 Å². The molecule has 0 saturated heterocycles. The number of carbonyl (C=O) groups is 2. The number of rotatable bonds is 12. The van der Waals surface area contributed by atoms with Crippen LogP contribution in [0.1, 0.15) is 35.1 Å². The third-order valence-corrected chi connectivity index (χ3v) is 6.64. The largest absolute Gasteiger partial charge is 0.495 e. The van der Waals surface area contributed by atoms with E-state index >= 15 is 0 Å². The number of amides is 1. The molecule has 3 heterocycles. The monoisotopic (exact) mass is 585 g/mol. The van der Waals surface area contributed by atoms with Crippen LogP contribution in [0.15, 0.2) is 66.0 Å². The minimum absolute atomic E-state index is 0.0654. The summed E-state index contributed by atoms with van der Waals surface area (Å²) < 4.78 is 38.9. The Morgan fingerprint density at radius 2 is 1.83 bits per heavy atom. The van der Waals surface area contributed by atoms with E-state index in [9.17, 15) is 23.2 Å². The molecule has 10 nitrogen and oxygen atoms in total. The lowest BCUT2D eigenvalue weighted by atomic mass is 9.96. The van der Waals surface area contributed by atoms with Crippen molar-refractivity contribution >= 4 is 23.3 Å². The van der Waals surface area contributed by atoms with Crippen molar-refractivity contribution in [2.45, 2.75) is 25.4 Å². The molecule has 0 bridgehead atoms. The Kier molecular flexibility index (Phi) is 9.25. The van der Waals surface area contributed by atoms with Gasteiger partial charge < -0.3 is 19.8 Å². The smallest absolute Gasteiger partial charge is 0.333 e. The highest BCUT2D eigenvalue weighted by Gasteiger charge is 2.25. The quantitative estimate of drug-likeness (QED) is 0.262. The molecule has 0 radical (unpaired) electrons. The minimum atomic E-state index is -2.82. The maximum atomic E-state index is 13.5. The summed E-state index contributed by atoms with van der Waals surface area (Å²) in [5, 5.41) is 4.05. The fourth-order valence-electron chi connectivity index (χ4n) is 4.40. The Morgan fingerprint density at radius 1 is 1.05 bits per heavy atom. The van der Waals surface area contributed by atoms with Crippen LogP contribution in [0, 0.1) is 0 Å². The second-order valence-electron chi connectivity index (χ2n) is 9.03. The number of benzene rings is 1. The maximum absolute atomic E-state index is 13.5. The first-order valence-corrected chi connectivity index (χ1v) is 12.7. The third-order valence-electron chi connectivity index (χ3n) is 6.41. The fourth-order valence-corrected chi connectivity index (χ4v) is 4.57. The van der Waals surface area contributed by atoms with Crippen LogP contribution in [0.2, 0.25) is 5.02 Å². The number of nitrogens with two attached hydrogens (primary N) is 1. The predicted octanol–water partition coefficient (Wildman–Crippen LogP) is 4.32. The summed E-state index contributed by atoms with van der Waals surface area (Å²) in [7, 11) is 2.89. The molecular weight excluding hydrogens is 560 g/mol. The summed E-state index contributed by atoms with van der Waals surface area (Å²) in [6.07, 6.45) is 5.42. The van der Waals surface area contributed by atoms with Gasteiger partial charge in [0.2, 0.25) is 0 Å². The van der Waals surface area contributed by atoms with E-state index < -0.39 is 24.1 Å². The van der Waals surface area contributed by atoms with E-state index in [1.54, 1.807) is 24.3 Å². The zero-order valence-electron chi connectivity index (χ0n) is 22.1. The number of pyridine rings is 2. The predicted molar refractivity (Wildman–Crippen MR) is 147 cm³/mol. The van der Waals surface area contributed by atoms with Gasteiger partial charge in [-0.1, -0.05) is 23.7 Å². The maximum Gasteiger partial charge on any atom is 0.333 e. The molecule has 0 aliphatic heterocycles. The Hall–Kier alpha value is -4.42. The van der Waals surface area contributed by atoms with Gasteiger partial charge in [0.15, 0.2) is 5.78 Å². The highest BCUT2D eigenvalue weighted by Crippen LogP contribution is 2.38. The topological polar surface area (TPSA) is 131 Å². The molecule has 1 amide bonds. The number of nitrogens with zero attached hydrogens (tertiary/aromatic N) is 4. The molecule has 4 aromatic rings. The number of hydrogen-bond acceptors (Lipinski definition) is 7. The summed E-state index contributed by atoms with van der Waals surface area (Å²) in [5.41, 5.74) is 7.00. The second kappa shape index (κ2) is 12.8. The summed E-state index contributed by atoms with van der Waals surface area (Å²) in [6.45, 7) is -2.63. The van der Waals surface area contributed by atoms with Crippen molar-refractivity contribution in [2.24, 2.45) is 5.73 Å². The Labute approximate surface area is 238 Å². The van der Waals surface area contributed by atoms with E-state index in [2.05, 4.69) is 10.1 Å². The van der Waals surface area contributed by atoms with Crippen LogP contribution in [0.4, 0.5) is 8.78 Å². The van der Waals surface area contributed by atoms with Crippen molar-refractivity contribution in [2.75, 3.05) is 20.8 Å². The zero-order valence-corrected chi connectivity index (χ0v) is 22.8. The van der Waals surface area contributed by atoms with E-state index in [4.69, 9.17) is 26.8 Å². The highest BCUT2D eigenvalue weighted by molar-refractivity contribution is 6.31. The molecule has 0 aliphatic carbocycles. The van der Waals surface area contributed by atoms with Crippen LogP contribution < -0.4 is 16.0 Å². The Bertz CT molecular complexity index is 1620. The van der Waals surface area contributed by atoms with Crippen molar-refractivity contribution in [3.8, 4) is 28.0 Å². The molecule has 0 aliphatic rings. The third kappa shape index (κ3) is 6.67. The van der Waals surface area contributed by atoms with Crippen molar-refractivity contribution in [3.05, 3.63) is 87.8 Å². The van der Waals surface area contributed by atoms with Crippen LogP contribution in [-0.4, -0.2) is 51.8 Å². The van der Waals surface area contributed by atoms with Crippen molar-refractivity contribution in [1.82, 2.24) is 19.3 Å². The average Bonchev–Trinajstić information content (AvgIpc) is 3.44. The van der Waals surface area contributed by atoms with Gasteiger partial charge in [0, 0.05) is 54.7 Å². The van der Waals surface area contributed by atoms with Gasteiger partial charge in [-0.2, -0.15) is 13.9 Å². The summed E-state index contributed by atoms with van der Waals surface area (Å²) in [6, 6.07) is 8.21. The SMILES string of the molecule is COCCC(C(=O)Cc1ccc(C(N)=O)nc1)n1cc(OC)c(-c2cc(Cl)ccc2-c2cnn(C(F)F)c2)cc1=O. The van der Waals surface area contributed by atoms with Crippen molar-refractivity contribution in [3.63, 3.8) is 0 Å². The van der Waals surface area contributed by atoms with Crippen molar-refractivity contribution in [1.29, 1.82) is 0 Å². The standard InChI is InChI=1S/C28H26ClF2N5O5/c1-40-8-7-23(24(37)9-16-3-6-22(27(32)39)33-12-16)35-15-25(41-2)21(11-26(35)38)20-10-18(29)4-5-19(20)17-13-34-36(14-17)28(30)31/h3-6,10-15,23,28H,7-9H2,1-2H3,(H2,32,39).